The second-order valence-corrected chi connectivity index (χ2v) is 6.36. The van der Waals surface area contributed by atoms with Crippen LogP contribution in [0.4, 0.5) is 0 Å². The van der Waals surface area contributed by atoms with Crippen molar-refractivity contribution in [1.82, 2.24) is 0 Å². The van der Waals surface area contributed by atoms with Crippen LogP contribution in [0.2, 0.25) is 0 Å². The standard InChI is InChI=1S/C17H22O9/c1-7(2)11(19)9-5-8(6-18)3-4-10(9)25-17-14(22)12(20)13(21)15(26-17)16(23)24/h3-5,7,12-15,17-18,20-22H,6H2,1-2H3,(H,23,24)/t12-,13+,14+,15-,17+/m0/s1. The van der Waals surface area contributed by atoms with Crippen LogP contribution >= 0.6 is 0 Å². The first-order valence-corrected chi connectivity index (χ1v) is 8.04. The van der Waals surface area contributed by atoms with Crippen LogP contribution in [0.1, 0.15) is 29.8 Å². The summed E-state index contributed by atoms with van der Waals surface area (Å²) in [6.45, 7) is 3.04. The Labute approximate surface area is 149 Å². The second kappa shape index (κ2) is 8.11. The van der Waals surface area contributed by atoms with Crippen molar-refractivity contribution >= 4 is 11.8 Å². The minimum atomic E-state index is -1.84. The largest absolute Gasteiger partial charge is 0.479 e. The van der Waals surface area contributed by atoms with Crippen molar-refractivity contribution in [2.75, 3.05) is 0 Å². The van der Waals surface area contributed by atoms with E-state index in [2.05, 4.69) is 0 Å². The molecule has 1 aromatic carbocycles. The molecule has 0 amide bonds. The fourth-order valence-corrected chi connectivity index (χ4v) is 2.56. The molecule has 1 heterocycles. The summed E-state index contributed by atoms with van der Waals surface area (Å²) in [7, 11) is 0. The molecule has 0 bridgehead atoms. The van der Waals surface area contributed by atoms with Gasteiger partial charge in [0.1, 0.15) is 24.1 Å². The number of Topliss-reactive ketones (excluding diaryl/α,β-unsaturated/α-hetero) is 1. The Morgan fingerprint density at radius 3 is 2.35 bits per heavy atom. The molecule has 0 radical (unpaired) electrons. The molecule has 1 saturated heterocycles. The van der Waals surface area contributed by atoms with Crippen molar-refractivity contribution in [1.29, 1.82) is 0 Å². The van der Waals surface area contributed by atoms with Gasteiger partial charge in [-0.25, -0.2) is 4.79 Å². The summed E-state index contributed by atoms with van der Waals surface area (Å²) in [6, 6.07) is 4.29. The Morgan fingerprint density at radius 1 is 1.15 bits per heavy atom. The first kappa shape index (κ1) is 20.3. The molecule has 1 fully saturated rings. The van der Waals surface area contributed by atoms with E-state index in [0.717, 1.165) is 0 Å². The van der Waals surface area contributed by atoms with Gasteiger partial charge in [-0.1, -0.05) is 19.9 Å². The van der Waals surface area contributed by atoms with E-state index < -0.39 is 36.7 Å². The van der Waals surface area contributed by atoms with Crippen molar-refractivity contribution in [2.45, 2.75) is 51.2 Å². The van der Waals surface area contributed by atoms with Crippen LogP contribution in [-0.2, 0) is 16.1 Å². The highest BCUT2D eigenvalue weighted by molar-refractivity contribution is 6.00. The van der Waals surface area contributed by atoms with E-state index in [4.69, 9.17) is 14.6 Å². The highest BCUT2D eigenvalue weighted by atomic mass is 16.7. The summed E-state index contributed by atoms with van der Waals surface area (Å²) < 4.78 is 10.5. The molecule has 0 spiro atoms. The zero-order chi connectivity index (χ0) is 19.6. The lowest BCUT2D eigenvalue weighted by Gasteiger charge is -2.38. The molecule has 0 aromatic heterocycles. The number of aliphatic hydroxyl groups is 4. The molecule has 26 heavy (non-hydrogen) atoms. The number of carboxylic acids is 1. The van der Waals surface area contributed by atoms with Gasteiger partial charge < -0.3 is 35.0 Å². The summed E-state index contributed by atoms with van der Waals surface area (Å²) in [4.78, 5) is 23.5. The van der Waals surface area contributed by atoms with Gasteiger partial charge in [-0.2, -0.15) is 0 Å². The third-order valence-electron chi connectivity index (χ3n) is 4.07. The van der Waals surface area contributed by atoms with Crippen LogP contribution < -0.4 is 4.74 Å². The summed E-state index contributed by atoms with van der Waals surface area (Å²) in [5.74, 6) is -2.22. The monoisotopic (exact) mass is 370 g/mol. The normalized spacial score (nSPS) is 28.8. The topological polar surface area (TPSA) is 154 Å². The van der Waals surface area contributed by atoms with Crippen molar-refractivity contribution in [2.24, 2.45) is 5.92 Å². The lowest BCUT2D eigenvalue weighted by Crippen LogP contribution is -2.61. The summed E-state index contributed by atoms with van der Waals surface area (Å²) in [6.07, 6.45) is -8.81. The molecule has 0 unspecified atom stereocenters. The first-order valence-electron chi connectivity index (χ1n) is 8.04. The van der Waals surface area contributed by atoms with E-state index in [0.29, 0.717) is 5.56 Å². The number of carbonyl (C=O) groups is 2. The third kappa shape index (κ3) is 4.02. The number of carbonyl (C=O) groups excluding carboxylic acids is 1. The van der Waals surface area contributed by atoms with Crippen molar-refractivity contribution in [3.8, 4) is 5.75 Å². The highest BCUT2D eigenvalue weighted by Gasteiger charge is 2.48. The number of ketones is 1. The summed E-state index contributed by atoms with van der Waals surface area (Å²) in [5, 5.41) is 47.9. The van der Waals surface area contributed by atoms with Crippen LogP contribution in [-0.4, -0.2) is 68.0 Å². The molecule has 0 saturated carbocycles. The molecular formula is C17H22O9. The van der Waals surface area contributed by atoms with Gasteiger partial charge in [-0.05, 0) is 17.7 Å². The predicted octanol–water partition coefficient (Wildman–Crippen LogP) is -0.711. The van der Waals surface area contributed by atoms with E-state index >= 15 is 0 Å². The Hall–Kier alpha value is -2.04. The maximum absolute atomic E-state index is 12.4. The summed E-state index contributed by atoms with van der Waals surface area (Å²) >= 11 is 0. The molecule has 9 nitrogen and oxygen atoms in total. The molecule has 9 heteroatoms. The van der Waals surface area contributed by atoms with Crippen molar-refractivity contribution in [3.05, 3.63) is 29.3 Å². The number of rotatable bonds is 6. The number of carboxylic acid groups (broad SMARTS) is 1. The number of ether oxygens (including phenoxy) is 2. The van der Waals surface area contributed by atoms with Gasteiger partial charge in [0.2, 0.25) is 6.29 Å². The van der Waals surface area contributed by atoms with Crippen molar-refractivity contribution in [3.63, 3.8) is 0 Å². The molecule has 2 rings (SSSR count). The Balaban J connectivity index is 2.34. The maximum atomic E-state index is 12.4. The molecule has 5 N–H and O–H groups in total. The van der Waals surface area contributed by atoms with Gasteiger partial charge in [0, 0.05) is 5.92 Å². The average Bonchev–Trinajstić information content (AvgIpc) is 2.61. The van der Waals surface area contributed by atoms with Gasteiger partial charge in [-0.15, -0.1) is 0 Å². The average molecular weight is 370 g/mol. The van der Waals surface area contributed by atoms with Crippen LogP contribution in [0.25, 0.3) is 0 Å². The minimum absolute atomic E-state index is 0.00215. The van der Waals surface area contributed by atoms with E-state index in [9.17, 15) is 30.0 Å². The number of hydrogen-bond donors (Lipinski definition) is 5. The Bertz CT molecular complexity index is 672. The molecular weight excluding hydrogens is 348 g/mol. The van der Waals surface area contributed by atoms with Gasteiger partial charge in [0.15, 0.2) is 11.9 Å². The molecule has 0 aliphatic carbocycles. The molecule has 1 aromatic rings. The fourth-order valence-electron chi connectivity index (χ4n) is 2.56. The lowest BCUT2D eigenvalue weighted by atomic mass is 9.97. The van der Waals surface area contributed by atoms with E-state index in [1.807, 2.05) is 0 Å². The van der Waals surface area contributed by atoms with E-state index in [1.165, 1.54) is 18.2 Å². The fraction of sp³-hybridized carbons (Fsp3) is 0.529. The SMILES string of the molecule is CC(C)C(=O)c1cc(CO)ccc1O[C@@H]1O[C@H](C(=O)O)[C@H](O)[C@H](O)[C@H]1O. The van der Waals surface area contributed by atoms with Gasteiger partial charge in [-0.3, -0.25) is 4.79 Å². The molecule has 5 atom stereocenters. The van der Waals surface area contributed by atoms with Gasteiger partial charge in [0.25, 0.3) is 0 Å². The molecule has 1 aliphatic heterocycles. The number of aliphatic carboxylic acids is 1. The smallest absolute Gasteiger partial charge is 0.335 e. The van der Waals surface area contributed by atoms with Crippen LogP contribution in [0.15, 0.2) is 18.2 Å². The first-order chi connectivity index (χ1) is 12.2. The number of hydrogen-bond acceptors (Lipinski definition) is 8. The number of benzene rings is 1. The van der Waals surface area contributed by atoms with Crippen LogP contribution in [0, 0.1) is 5.92 Å². The van der Waals surface area contributed by atoms with Crippen molar-refractivity contribution < 1.29 is 44.6 Å². The van der Waals surface area contributed by atoms with Gasteiger partial charge >= 0.3 is 5.97 Å². The highest BCUT2D eigenvalue weighted by Crippen LogP contribution is 2.29. The van der Waals surface area contributed by atoms with E-state index in [-0.39, 0.29) is 29.6 Å². The predicted molar refractivity (Wildman–Crippen MR) is 86.5 cm³/mol. The minimum Gasteiger partial charge on any atom is -0.479 e. The van der Waals surface area contributed by atoms with Crippen LogP contribution in [0.5, 0.6) is 5.75 Å². The molecule has 144 valence electrons. The van der Waals surface area contributed by atoms with Gasteiger partial charge in [0.05, 0.1) is 12.2 Å². The zero-order valence-corrected chi connectivity index (χ0v) is 14.3. The Morgan fingerprint density at radius 2 is 1.81 bits per heavy atom. The third-order valence-corrected chi connectivity index (χ3v) is 4.07. The quantitative estimate of drug-likeness (QED) is 0.408. The number of aliphatic hydroxyl groups excluding tert-OH is 4. The Kier molecular flexibility index (Phi) is 6.32. The maximum Gasteiger partial charge on any atom is 0.335 e. The second-order valence-electron chi connectivity index (χ2n) is 6.36. The summed E-state index contributed by atoms with van der Waals surface area (Å²) in [5.41, 5.74) is 0.583. The van der Waals surface area contributed by atoms with E-state index in [1.54, 1.807) is 13.8 Å². The zero-order valence-electron chi connectivity index (χ0n) is 14.3. The molecule has 1 aliphatic rings. The lowest BCUT2D eigenvalue weighted by molar-refractivity contribution is -0.271. The van der Waals surface area contributed by atoms with Crippen LogP contribution in [0.3, 0.4) is 0 Å².